The van der Waals surface area contributed by atoms with Crippen molar-refractivity contribution in [3.05, 3.63) is 33.9 Å². The van der Waals surface area contributed by atoms with Crippen LogP contribution in [0.25, 0.3) is 0 Å². The first-order valence-electron chi connectivity index (χ1n) is 5.48. The summed E-state index contributed by atoms with van der Waals surface area (Å²) in [7, 11) is 0. The number of benzene rings is 1. The first-order valence-corrected chi connectivity index (χ1v) is 5.48. The van der Waals surface area contributed by atoms with Gasteiger partial charge in [0.1, 0.15) is 11.4 Å². The molecule has 17 heavy (non-hydrogen) atoms. The SMILES string of the molecule is CC1C(O)c2cc([N+](=O)[O-])ccc2OC1(C)C. The van der Waals surface area contributed by atoms with Crippen molar-refractivity contribution in [1.29, 1.82) is 0 Å². The van der Waals surface area contributed by atoms with Gasteiger partial charge in [0.15, 0.2) is 0 Å². The summed E-state index contributed by atoms with van der Waals surface area (Å²) in [5.41, 5.74) is -0.0212. The molecule has 0 amide bonds. The van der Waals surface area contributed by atoms with Crippen LogP contribution in [0.2, 0.25) is 0 Å². The summed E-state index contributed by atoms with van der Waals surface area (Å²) in [4.78, 5) is 10.2. The third-order valence-corrected chi connectivity index (χ3v) is 3.47. The predicted octanol–water partition coefficient (Wildman–Crippen LogP) is 2.44. The molecule has 1 aliphatic heterocycles. The van der Waals surface area contributed by atoms with E-state index in [1.165, 1.54) is 12.1 Å². The van der Waals surface area contributed by atoms with Gasteiger partial charge in [0.25, 0.3) is 5.69 Å². The second-order valence-electron chi connectivity index (χ2n) is 4.92. The van der Waals surface area contributed by atoms with Crippen LogP contribution in [-0.2, 0) is 0 Å². The van der Waals surface area contributed by atoms with Crippen molar-refractivity contribution in [2.45, 2.75) is 32.5 Å². The minimum Gasteiger partial charge on any atom is -0.487 e. The van der Waals surface area contributed by atoms with Crippen molar-refractivity contribution < 1.29 is 14.8 Å². The van der Waals surface area contributed by atoms with Crippen molar-refractivity contribution in [3.63, 3.8) is 0 Å². The van der Waals surface area contributed by atoms with E-state index in [9.17, 15) is 15.2 Å². The number of nitro groups is 1. The average Bonchev–Trinajstić information content (AvgIpc) is 2.25. The second kappa shape index (κ2) is 3.70. The first kappa shape index (κ1) is 11.9. The Balaban J connectivity index is 2.50. The smallest absolute Gasteiger partial charge is 0.270 e. The van der Waals surface area contributed by atoms with Crippen LogP contribution in [0.5, 0.6) is 5.75 Å². The summed E-state index contributed by atoms with van der Waals surface area (Å²) >= 11 is 0. The van der Waals surface area contributed by atoms with Gasteiger partial charge in [-0.15, -0.1) is 0 Å². The van der Waals surface area contributed by atoms with Gasteiger partial charge in [0.2, 0.25) is 0 Å². The molecule has 0 bridgehead atoms. The topological polar surface area (TPSA) is 72.6 Å². The Morgan fingerprint density at radius 2 is 2.12 bits per heavy atom. The average molecular weight is 237 g/mol. The minimum atomic E-state index is -0.742. The highest BCUT2D eigenvalue weighted by Crippen LogP contribution is 2.44. The molecular weight excluding hydrogens is 222 g/mol. The van der Waals surface area contributed by atoms with Gasteiger partial charge in [0, 0.05) is 23.6 Å². The predicted molar refractivity (Wildman–Crippen MR) is 61.9 cm³/mol. The van der Waals surface area contributed by atoms with Crippen LogP contribution in [0.15, 0.2) is 18.2 Å². The fourth-order valence-electron chi connectivity index (χ4n) is 2.00. The molecule has 0 saturated carbocycles. The maximum atomic E-state index is 10.7. The summed E-state index contributed by atoms with van der Waals surface area (Å²) in [6.45, 7) is 5.66. The lowest BCUT2D eigenvalue weighted by Gasteiger charge is -2.41. The molecule has 2 atom stereocenters. The number of hydrogen-bond acceptors (Lipinski definition) is 4. The van der Waals surface area contributed by atoms with E-state index in [0.717, 1.165) is 0 Å². The molecule has 0 fully saturated rings. The van der Waals surface area contributed by atoms with E-state index < -0.39 is 16.6 Å². The van der Waals surface area contributed by atoms with E-state index in [1.807, 2.05) is 20.8 Å². The Morgan fingerprint density at radius 1 is 1.47 bits per heavy atom. The van der Waals surface area contributed by atoms with E-state index in [-0.39, 0.29) is 11.6 Å². The van der Waals surface area contributed by atoms with Gasteiger partial charge in [0.05, 0.1) is 11.0 Å². The summed E-state index contributed by atoms with van der Waals surface area (Å²) < 4.78 is 5.75. The van der Waals surface area contributed by atoms with Gasteiger partial charge in [-0.1, -0.05) is 6.92 Å². The van der Waals surface area contributed by atoms with Crippen LogP contribution in [-0.4, -0.2) is 15.6 Å². The zero-order valence-corrected chi connectivity index (χ0v) is 10.0. The summed E-state index contributed by atoms with van der Waals surface area (Å²) in [5, 5.41) is 20.9. The Kier molecular flexibility index (Phi) is 2.58. The molecule has 5 heteroatoms. The standard InChI is InChI=1S/C12H15NO4/c1-7-11(14)9-6-8(13(15)16)4-5-10(9)17-12(7,2)3/h4-7,11,14H,1-3H3. The molecule has 92 valence electrons. The fraction of sp³-hybridized carbons (Fsp3) is 0.500. The maximum Gasteiger partial charge on any atom is 0.270 e. The van der Waals surface area contributed by atoms with Crippen LogP contribution in [0, 0.1) is 16.0 Å². The highest BCUT2D eigenvalue weighted by atomic mass is 16.6. The lowest BCUT2D eigenvalue weighted by atomic mass is 9.81. The van der Waals surface area contributed by atoms with Crippen molar-refractivity contribution in [2.24, 2.45) is 5.92 Å². The normalized spacial score (nSPS) is 25.9. The van der Waals surface area contributed by atoms with E-state index in [1.54, 1.807) is 6.07 Å². The molecular formula is C12H15NO4. The molecule has 0 saturated heterocycles. The first-order chi connectivity index (χ1) is 7.83. The van der Waals surface area contributed by atoms with Crippen LogP contribution in [0.4, 0.5) is 5.69 Å². The fourth-order valence-corrected chi connectivity index (χ4v) is 2.00. The number of ether oxygens (including phenoxy) is 1. The van der Waals surface area contributed by atoms with Crippen LogP contribution in [0.1, 0.15) is 32.4 Å². The highest BCUT2D eigenvalue weighted by Gasteiger charge is 2.40. The van der Waals surface area contributed by atoms with Gasteiger partial charge in [-0.2, -0.15) is 0 Å². The number of aliphatic hydroxyl groups is 1. The second-order valence-corrected chi connectivity index (χ2v) is 4.92. The third-order valence-electron chi connectivity index (χ3n) is 3.47. The Morgan fingerprint density at radius 3 is 2.71 bits per heavy atom. The summed E-state index contributed by atoms with van der Waals surface area (Å²) in [5.74, 6) is 0.392. The summed E-state index contributed by atoms with van der Waals surface area (Å²) in [6, 6.07) is 4.31. The van der Waals surface area contributed by atoms with Crippen molar-refractivity contribution in [1.82, 2.24) is 0 Å². The Bertz CT molecular complexity index is 470. The number of nitrogens with zero attached hydrogens (tertiary/aromatic N) is 1. The number of rotatable bonds is 1. The number of fused-ring (bicyclic) bond motifs is 1. The number of hydrogen-bond donors (Lipinski definition) is 1. The molecule has 5 nitrogen and oxygen atoms in total. The lowest BCUT2D eigenvalue weighted by Crippen LogP contribution is -2.43. The van der Waals surface area contributed by atoms with Crippen LogP contribution in [0.3, 0.4) is 0 Å². The van der Waals surface area contributed by atoms with Crippen molar-refractivity contribution in [2.75, 3.05) is 0 Å². The molecule has 0 spiro atoms. The quantitative estimate of drug-likeness (QED) is 0.601. The molecule has 2 unspecified atom stereocenters. The number of aliphatic hydroxyl groups excluding tert-OH is 1. The molecule has 0 aromatic heterocycles. The molecule has 0 radical (unpaired) electrons. The largest absolute Gasteiger partial charge is 0.487 e. The molecule has 1 aromatic carbocycles. The monoisotopic (exact) mass is 237 g/mol. The zero-order chi connectivity index (χ0) is 12.8. The molecule has 1 N–H and O–H groups in total. The van der Waals surface area contributed by atoms with E-state index in [4.69, 9.17) is 4.74 Å². The number of nitro benzene ring substituents is 1. The van der Waals surface area contributed by atoms with Gasteiger partial charge >= 0.3 is 0 Å². The van der Waals surface area contributed by atoms with Crippen molar-refractivity contribution >= 4 is 5.69 Å². The van der Waals surface area contributed by atoms with Crippen LogP contribution >= 0.6 is 0 Å². The lowest BCUT2D eigenvalue weighted by molar-refractivity contribution is -0.385. The maximum absolute atomic E-state index is 10.7. The Labute approximate surface area is 99.2 Å². The third kappa shape index (κ3) is 1.86. The van der Waals surface area contributed by atoms with E-state index >= 15 is 0 Å². The zero-order valence-electron chi connectivity index (χ0n) is 10.0. The van der Waals surface area contributed by atoms with Gasteiger partial charge in [-0.3, -0.25) is 10.1 Å². The van der Waals surface area contributed by atoms with Gasteiger partial charge < -0.3 is 9.84 Å². The van der Waals surface area contributed by atoms with Crippen LogP contribution < -0.4 is 4.74 Å². The van der Waals surface area contributed by atoms with Crippen molar-refractivity contribution in [3.8, 4) is 5.75 Å². The molecule has 2 rings (SSSR count). The molecule has 0 aliphatic carbocycles. The van der Waals surface area contributed by atoms with Gasteiger partial charge in [-0.05, 0) is 19.9 Å². The summed E-state index contributed by atoms with van der Waals surface area (Å²) in [6.07, 6.45) is -0.742. The van der Waals surface area contributed by atoms with E-state index in [0.29, 0.717) is 11.3 Å². The minimum absolute atomic E-state index is 0.0293. The molecule has 1 aliphatic rings. The van der Waals surface area contributed by atoms with Gasteiger partial charge in [-0.25, -0.2) is 0 Å². The molecule has 1 aromatic rings. The Hall–Kier alpha value is -1.62. The van der Waals surface area contributed by atoms with E-state index in [2.05, 4.69) is 0 Å². The highest BCUT2D eigenvalue weighted by molar-refractivity contribution is 5.46. The number of non-ortho nitro benzene ring substituents is 1. The molecule has 1 heterocycles.